The quantitative estimate of drug-likeness (QED) is 0.0437. The molecule has 0 unspecified atom stereocenters. The van der Waals surface area contributed by atoms with Crippen molar-refractivity contribution in [1.29, 1.82) is 0 Å². The van der Waals surface area contributed by atoms with Gasteiger partial charge < -0.3 is 89.4 Å². The van der Waals surface area contributed by atoms with Crippen molar-refractivity contribution in [2.45, 2.75) is 61.2 Å². The normalized spacial score (nSPS) is 15.3. The van der Waals surface area contributed by atoms with Crippen molar-refractivity contribution in [2.24, 2.45) is 11.5 Å². The van der Waals surface area contributed by atoms with E-state index in [4.69, 9.17) is 21.7 Å². The number of aromatic amines is 1. The first-order valence-corrected chi connectivity index (χ1v) is 16.0. The van der Waals surface area contributed by atoms with Crippen molar-refractivity contribution in [3.05, 3.63) is 18.2 Å². The number of nitrogens with one attached hydrogen (secondary N) is 8. The number of amides is 8. The number of rotatable bonds is 25. The maximum Gasteiger partial charge on any atom is 0.326 e. The van der Waals surface area contributed by atoms with E-state index < -0.39 is 148 Å². The van der Waals surface area contributed by atoms with Crippen LogP contribution in [0.1, 0.15) is 12.1 Å². The molecule has 27 nitrogen and oxygen atoms in total. The third kappa shape index (κ3) is 15.6. The molecular formula is C28H45N11O16. The van der Waals surface area contributed by atoms with Crippen LogP contribution in [0.15, 0.2) is 12.5 Å². The minimum Gasteiger partial charge on any atom is -0.480 e. The number of nitrogens with two attached hydrogens (primary N) is 2. The highest BCUT2D eigenvalue weighted by molar-refractivity contribution is 5.98. The van der Waals surface area contributed by atoms with Gasteiger partial charge in [-0.15, -0.1) is 0 Å². The van der Waals surface area contributed by atoms with Crippen molar-refractivity contribution in [1.82, 2.24) is 47.2 Å². The van der Waals surface area contributed by atoms with E-state index in [1.807, 2.05) is 21.3 Å². The lowest BCUT2D eigenvalue weighted by Crippen LogP contribution is -2.62. The van der Waals surface area contributed by atoms with Gasteiger partial charge in [0.25, 0.3) is 0 Å². The number of aliphatic carboxylic acids is 1. The number of aliphatic hydroxyl groups is 6. The van der Waals surface area contributed by atoms with Gasteiger partial charge >= 0.3 is 5.97 Å². The summed E-state index contributed by atoms with van der Waals surface area (Å²) in [5, 5.41) is 81.0. The molecule has 8 amide bonds. The minimum atomic E-state index is -1.90. The molecule has 55 heavy (non-hydrogen) atoms. The molecule has 0 aromatic carbocycles. The van der Waals surface area contributed by atoms with Gasteiger partial charge in [0.05, 0.1) is 52.4 Å². The van der Waals surface area contributed by atoms with E-state index in [2.05, 4.69) is 25.9 Å². The number of carbonyl (C=O) groups is 9. The molecule has 0 saturated carbocycles. The molecule has 0 fully saturated rings. The molecule has 19 N–H and O–H groups in total. The second-order valence-corrected chi connectivity index (χ2v) is 11.4. The molecule has 0 aliphatic rings. The summed E-state index contributed by atoms with van der Waals surface area (Å²) >= 11 is 0. The fourth-order valence-electron chi connectivity index (χ4n) is 4.19. The summed E-state index contributed by atoms with van der Waals surface area (Å²) in [7, 11) is 0. The number of hydrogen-bond acceptors (Lipinski definition) is 17. The summed E-state index contributed by atoms with van der Waals surface area (Å²) < 4.78 is 0. The summed E-state index contributed by atoms with van der Waals surface area (Å²) in [6.07, 6.45) is 1.27. The van der Waals surface area contributed by atoms with Gasteiger partial charge in [-0.2, -0.15) is 0 Å². The lowest BCUT2D eigenvalue weighted by molar-refractivity contribution is -0.144. The van der Waals surface area contributed by atoms with E-state index in [0.717, 1.165) is 0 Å². The van der Waals surface area contributed by atoms with Crippen LogP contribution in [0.5, 0.6) is 0 Å². The van der Waals surface area contributed by atoms with Gasteiger partial charge in [-0.05, 0) is 0 Å². The Labute approximate surface area is 310 Å². The van der Waals surface area contributed by atoms with Crippen LogP contribution in [0.4, 0.5) is 0 Å². The molecule has 308 valence electrons. The van der Waals surface area contributed by atoms with Crippen LogP contribution < -0.4 is 48.7 Å². The second kappa shape index (κ2) is 23.7. The van der Waals surface area contributed by atoms with Gasteiger partial charge in [-0.3, -0.25) is 38.4 Å². The average molecular weight is 792 g/mol. The van der Waals surface area contributed by atoms with Crippen LogP contribution in [0, 0.1) is 0 Å². The number of carboxylic acid groups (broad SMARTS) is 1. The van der Waals surface area contributed by atoms with Crippen LogP contribution >= 0.6 is 0 Å². The molecule has 0 spiro atoms. The first-order valence-electron chi connectivity index (χ1n) is 16.0. The number of aliphatic hydroxyl groups excluding tert-OH is 6. The smallest absolute Gasteiger partial charge is 0.326 e. The Hall–Kier alpha value is -5.84. The standard InChI is InChI=1S/C28H45N11O16/c29-12(4-40)21(47)35-15(5-41)25(51)37-16(6-42)23(49)33-13(1-11-3-31-10-32-11)22(48)36-18(8-44)26(52)39-19(9-45)27(53)38-17(7-43)24(50)34-14(28(54)55)2-20(30)46/h3,10,12-19,40-45H,1-2,4-9,29H2,(H2,30,46)(H,31,32)(H,33,49)(H,34,50)(H,35,47)(H,36,48)(H,37,51)(H,38,53)(H,39,52)(H,54,55)/t12-,13-,14-,15-,16-,17-,18-,19-/m0/s1. The number of hydrogen-bond donors (Lipinski definition) is 17. The monoisotopic (exact) mass is 791 g/mol. The topological polar surface area (TPSA) is 460 Å². The van der Waals surface area contributed by atoms with Crippen LogP contribution in [-0.4, -0.2) is 187 Å². The zero-order valence-electron chi connectivity index (χ0n) is 28.8. The third-order valence-electron chi connectivity index (χ3n) is 7.24. The molecule has 0 radical (unpaired) electrons. The number of nitrogens with zero attached hydrogens (tertiary/aromatic N) is 1. The number of H-pyrrole nitrogens is 1. The van der Waals surface area contributed by atoms with E-state index in [-0.39, 0.29) is 12.1 Å². The van der Waals surface area contributed by atoms with Crippen molar-refractivity contribution >= 4 is 53.2 Å². The van der Waals surface area contributed by atoms with E-state index in [1.165, 1.54) is 12.5 Å². The number of aromatic nitrogens is 2. The van der Waals surface area contributed by atoms with E-state index >= 15 is 0 Å². The Balaban J connectivity index is 3.07. The highest BCUT2D eigenvalue weighted by atomic mass is 16.4. The van der Waals surface area contributed by atoms with Crippen LogP contribution in [0.2, 0.25) is 0 Å². The molecule has 1 aromatic heterocycles. The van der Waals surface area contributed by atoms with Crippen LogP contribution in [0.3, 0.4) is 0 Å². The molecule has 1 aromatic rings. The Morgan fingerprint density at radius 2 is 0.873 bits per heavy atom. The highest BCUT2D eigenvalue weighted by Gasteiger charge is 2.34. The van der Waals surface area contributed by atoms with E-state index in [0.29, 0.717) is 0 Å². The Morgan fingerprint density at radius 3 is 1.16 bits per heavy atom. The highest BCUT2D eigenvalue weighted by Crippen LogP contribution is 2.03. The number of primary amides is 1. The molecule has 27 heteroatoms. The summed E-state index contributed by atoms with van der Waals surface area (Å²) in [6.45, 7) is -6.27. The van der Waals surface area contributed by atoms with E-state index in [1.54, 1.807) is 0 Å². The molecule has 1 heterocycles. The molecule has 0 aliphatic heterocycles. The fraction of sp³-hybridized carbons (Fsp3) is 0.571. The largest absolute Gasteiger partial charge is 0.480 e. The molecule has 8 atom stereocenters. The number of carbonyl (C=O) groups excluding carboxylic acids is 8. The average Bonchev–Trinajstić information content (AvgIpc) is 3.67. The fourth-order valence-corrected chi connectivity index (χ4v) is 4.19. The van der Waals surface area contributed by atoms with Crippen LogP contribution in [-0.2, 0) is 49.6 Å². The third-order valence-corrected chi connectivity index (χ3v) is 7.24. The lowest BCUT2D eigenvalue weighted by atomic mass is 10.1. The zero-order valence-corrected chi connectivity index (χ0v) is 28.8. The summed E-state index contributed by atoms with van der Waals surface area (Å²) in [4.78, 5) is 118. The van der Waals surface area contributed by atoms with Gasteiger partial charge in [0.15, 0.2) is 0 Å². The van der Waals surface area contributed by atoms with Gasteiger partial charge in [-0.25, -0.2) is 9.78 Å². The first kappa shape index (κ1) is 47.2. The molecule has 0 saturated heterocycles. The van der Waals surface area contributed by atoms with Crippen molar-refractivity contribution < 1.29 is 78.9 Å². The Kier molecular flexibility index (Phi) is 20.4. The van der Waals surface area contributed by atoms with Crippen molar-refractivity contribution in [3.8, 4) is 0 Å². The van der Waals surface area contributed by atoms with Crippen molar-refractivity contribution in [2.75, 3.05) is 39.6 Å². The zero-order chi connectivity index (χ0) is 41.8. The Bertz CT molecular complexity index is 1500. The summed E-state index contributed by atoms with van der Waals surface area (Å²) in [5.41, 5.74) is 10.5. The van der Waals surface area contributed by atoms with Crippen molar-refractivity contribution in [3.63, 3.8) is 0 Å². The van der Waals surface area contributed by atoms with E-state index in [9.17, 15) is 68.7 Å². The maximum absolute atomic E-state index is 13.3. The van der Waals surface area contributed by atoms with Gasteiger partial charge in [0, 0.05) is 18.3 Å². The first-order chi connectivity index (χ1) is 26.0. The minimum absolute atomic E-state index is 0.238. The Morgan fingerprint density at radius 1 is 0.545 bits per heavy atom. The van der Waals surface area contributed by atoms with Gasteiger partial charge in [-0.1, -0.05) is 0 Å². The molecule has 0 bridgehead atoms. The lowest BCUT2D eigenvalue weighted by Gasteiger charge is -2.26. The maximum atomic E-state index is 13.3. The van der Waals surface area contributed by atoms with Gasteiger partial charge in [0.1, 0.15) is 48.3 Å². The predicted octanol–water partition coefficient (Wildman–Crippen LogP) is -11.4. The summed E-state index contributed by atoms with van der Waals surface area (Å²) in [5.74, 6) is -11.2. The second-order valence-electron chi connectivity index (χ2n) is 11.4. The predicted molar refractivity (Wildman–Crippen MR) is 178 cm³/mol. The van der Waals surface area contributed by atoms with Gasteiger partial charge in [0.2, 0.25) is 47.3 Å². The molecule has 1 rings (SSSR count). The summed E-state index contributed by atoms with van der Waals surface area (Å²) in [6, 6.07) is -14.1. The SMILES string of the molecule is NC(=O)C[C@H](NC(=O)[C@H](CO)NC(=O)[C@H](CO)NC(=O)[C@H](CO)NC(=O)[C@H](Cc1cnc[nH]1)NC(=O)[C@H](CO)NC(=O)[C@H](CO)NC(=O)[C@@H](N)CO)C(=O)O. The van der Waals surface area contributed by atoms with Crippen LogP contribution in [0.25, 0.3) is 0 Å². The molecule has 0 aliphatic carbocycles. The molecular weight excluding hydrogens is 746 g/mol. The number of imidazole rings is 1. The number of carboxylic acids is 1.